The second-order valence-electron chi connectivity index (χ2n) is 5.36. The second-order valence-corrected chi connectivity index (χ2v) is 6.60. The van der Waals surface area contributed by atoms with E-state index in [2.05, 4.69) is 40.6 Å². The molecule has 0 atom stereocenters. The Bertz CT molecular complexity index is 747. The highest BCUT2D eigenvalue weighted by Gasteiger charge is 2.30. The van der Waals surface area contributed by atoms with Crippen molar-refractivity contribution in [3.05, 3.63) is 46.7 Å². The first-order valence-corrected chi connectivity index (χ1v) is 8.10. The minimum Gasteiger partial charge on any atom is -0.348 e. The lowest BCUT2D eigenvalue weighted by Gasteiger charge is -2.38. The van der Waals surface area contributed by atoms with E-state index >= 15 is 0 Å². The molecule has 1 aromatic carbocycles. The molecule has 0 bridgehead atoms. The minimum absolute atomic E-state index is 0.0354. The van der Waals surface area contributed by atoms with E-state index < -0.39 is 0 Å². The van der Waals surface area contributed by atoms with Gasteiger partial charge in [-0.15, -0.1) is 0 Å². The smallest absolute Gasteiger partial charge is 0.246 e. The number of amides is 2. The molecule has 6 heteroatoms. The minimum atomic E-state index is -0.0866. The maximum Gasteiger partial charge on any atom is 0.246 e. The van der Waals surface area contributed by atoms with Crippen molar-refractivity contribution in [3.63, 3.8) is 0 Å². The van der Waals surface area contributed by atoms with Crippen LogP contribution in [-0.2, 0) is 16.1 Å². The summed E-state index contributed by atoms with van der Waals surface area (Å²) in [5, 5.41) is 4.08. The third-order valence-electron chi connectivity index (χ3n) is 3.78. The first kappa shape index (κ1) is 15.1. The summed E-state index contributed by atoms with van der Waals surface area (Å²) >= 11 is 2.27. The molecular formula is C16H16IN3O2. The zero-order valence-corrected chi connectivity index (χ0v) is 14.1. The molecule has 0 spiro atoms. The van der Waals surface area contributed by atoms with Crippen LogP contribution in [0.25, 0.3) is 10.9 Å². The number of rotatable bonds is 4. The Morgan fingerprint density at radius 2 is 2.14 bits per heavy atom. The number of nitrogens with zero attached hydrogens (tertiary/aromatic N) is 2. The number of halogens is 1. The summed E-state index contributed by atoms with van der Waals surface area (Å²) < 4.78 is 3.11. The van der Waals surface area contributed by atoms with E-state index in [-0.39, 0.29) is 24.4 Å². The monoisotopic (exact) mass is 409 g/mol. The van der Waals surface area contributed by atoms with E-state index in [0.29, 0.717) is 13.1 Å². The van der Waals surface area contributed by atoms with Crippen LogP contribution < -0.4 is 5.32 Å². The standard InChI is InChI=1S/C16H16IN3O2/c1-2-16(22)20-8-13(9-20)18-15(21)10-19-6-5-11-7-12(17)3-4-14(11)19/h2-7,13H,1,8-10H2,(H,18,21). The highest BCUT2D eigenvalue weighted by Crippen LogP contribution is 2.18. The lowest BCUT2D eigenvalue weighted by Crippen LogP contribution is -2.61. The summed E-state index contributed by atoms with van der Waals surface area (Å²) in [6, 6.07) is 8.20. The van der Waals surface area contributed by atoms with Gasteiger partial charge in [0, 0.05) is 33.8 Å². The Balaban J connectivity index is 1.58. The van der Waals surface area contributed by atoms with Crippen LogP contribution in [0.5, 0.6) is 0 Å². The van der Waals surface area contributed by atoms with Crippen molar-refractivity contribution in [1.82, 2.24) is 14.8 Å². The Hall–Kier alpha value is -1.83. The fourth-order valence-corrected chi connectivity index (χ4v) is 3.13. The van der Waals surface area contributed by atoms with E-state index in [4.69, 9.17) is 0 Å². The first-order valence-electron chi connectivity index (χ1n) is 7.02. The summed E-state index contributed by atoms with van der Waals surface area (Å²) in [7, 11) is 0. The largest absolute Gasteiger partial charge is 0.348 e. The van der Waals surface area contributed by atoms with Crippen LogP contribution in [0.4, 0.5) is 0 Å². The number of carbonyl (C=O) groups is 2. The summed E-state index contributed by atoms with van der Waals surface area (Å²) in [6.45, 7) is 4.85. The van der Waals surface area contributed by atoms with Crippen LogP contribution in [0.3, 0.4) is 0 Å². The van der Waals surface area contributed by atoms with E-state index in [1.807, 2.05) is 29.0 Å². The number of benzene rings is 1. The third-order valence-corrected chi connectivity index (χ3v) is 4.45. The van der Waals surface area contributed by atoms with Gasteiger partial charge in [-0.1, -0.05) is 6.58 Å². The van der Waals surface area contributed by atoms with Crippen molar-refractivity contribution in [1.29, 1.82) is 0 Å². The lowest BCUT2D eigenvalue weighted by atomic mass is 10.1. The normalized spacial score (nSPS) is 14.7. The molecule has 0 radical (unpaired) electrons. The average Bonchev–Trinajstić information content (AvgIpc) is 2.83. The Morgan fingerprint density at radius 3 is 2.86 bits per heavy atom. The number of hydrogen-bond donors (Lipinski definition) is 1. The van der Waals surface area contributed by atoms with Gasteiger partial charge in [0.1, 0.15) is 6.54 Å². The molecule has 22 heavy (non-hydrogen) atoms. The van der Waals surface area contributed by atoms with Crippen molar-refractivity contribution in [2.24, 2.45) is 0 Å². The third kappa shape index (κ3) is 3.01. The topological polar surface area (TPSA) is 54.3 Å². The van der Waals surface area contributed by atoms with Gasteiger partial charge < -0.3 is 14.8 Å². The fraction of sp³-hybridized carbons (Fsp3) is 0.250. The van der Waals surface area contributed by atoms with Crippen molar-refractivity contribution in [2.75, 3.05) is 13.1 Å². The average molecular weight is 409 g/mol. The molecule has 1 N–H and O–H groups in total. The lowest BCUT2D eigenvalue weighted by molar-refractivity contribution is -0.133. The maximum atomic E-state index is 12.1. The van der Waals surface area contributed by atoms with Gasteiger partial charge in [-0.25, -0.2) is 0 Å². The number of aromatic nitrogens is 1. The highest BCUT2D eigenvalue weighted by molar-refractivity contribution is 14.1. The van der Waals surface area contributed by atoms with Gasteiger partial charge in [0.15, 0.2) is 0 Å². The quantitative estimate of drug-likeness (QED) is 0.618. The van der Waals surface area contributed by atoms with Gasteiger partial charge in [0.05, 0.1) is 6.04 Å². The molecule has 2 amide bonds. The molecule has 2 aromatic rings. The fourth-order valence-electron chi connectivity index (χ4n) is 2.62. The molecule has 3 rings (SSSR count). The van der Waals surface area contributed by atoms with Crippen molar-refractivity contribution in [3.8, 4) is 0 Å². The summed E-state index contributed by atoms with van der Waals surface area (Å²) in [4.78, 5) is 25.1. The summed E-state index contributed by atoms with van der Waals surface area (Å²) in [5.74, 6) is -0.122. The van der Waals surface area contributed by atoms with Crippen LogP contribution in [0.1, 0.15) is 0 Å². The molecule has 0 saturated carbocycles. The SMILES string of the molecule is C=CC(=O)N1CC(NC(=O)Cn2ccc3cc(I)ccc32)C1. The molecule has 114 valence electrons. The molecule has 1 aliphatic heterocycles. The molecular weight excluding hydrogens is 393 g/mol. The first-order chi connectivity index (χ1) is 10.6. The Labute approximate surface area is 142 Å². The zero-order chi connectivity index (χ0) is 15.7. The van der Waals surface area contributed by atoms with Gasteiger partial charge in [0.25, 0.3) is 0 Å². The molecule has 1 fully saturated rings. The molecule has 1 saturated heterocycles. The van der Waals surface area contributed by atoms with Crippen molar-refractivity contribution < 1.29 is 9.59 Å². The summed E-state index contributed by atoms with van der Waals surface area (Å²) in [6.07, 6.45) is 3.22. The molecule has 0 unspecified atom stereocenters. The van der Waals surface area contributed by atoms with Crippen molar-refractivity contribution >= 4 is 45.3 Å². The number of fused-ring (bicyclic) bond motifs is 1. The van der Waals surface area contributed by atoms with Gasteiger partial charge in [-0.2, -0.15) is 0 Å². The van der Waals surface area contributed by atoms with Gasteiger partial charge in [-0.05, 0) is 52.9 Å². The number of hydrogen-bond acceptors (Lipinski definition) is 2. The molecule has 5 nitrogen and oxygen atoms in total. The Kier molecular flexibility index (Phi) is 4.19. The number of carbonyl (C=O) groups excluding carboxylic acids is 2. The Morgan fingerprint density at radius 1 is 1.36 bits per heavy atom. The molecule has 2 heterocycles. The van der Waals surface area contributed by atoms with Crippen LogP contribution in [0.15, 0.2) is 43.1 Å². The van der Waals surface area contributed by atoms with Crippen LogP contribution in [-0.4, -0.2) is 40.4 Å². The van der Waals surface area contributed by atoms with Gasteiger partial charge >= 0.3 is 0 Å². The van der Waals surface area contributed by atoms with Crippen LogP contribution in [0, 0.1) is 3.57 Å². The van der Waals surface area contributed by atoms with E-state index in [1.54, 1.807) is 4.90 Å². The predicted molar refractivity (Wildman–Crippen MR) is 93.4 cm³/mol. The molecule has 1 aromatic heterocycles. The zero-order valence-electron chi connectivity index (χ0n) is 12.0. The number of likely N-dealkylation sites (tertiary alicyclic amines) is 1. The van der Waals surface area contributed by atoms with E-state index in [0.717, 1.165) is 10.9 Å². The second kappa shape index (κ2) is 6.12. The predicted octanol–water partition coefficient (Wildman–Crippen LogP) is 1.76. The van der Waals surface area contributed by atoms with Crippen LogP contribution >= 0.6 is 22.6 Å². The molecule has 0 aliphatic carbocycles. The summed E-state index contributed by atoms with van der Waals surface area (Å²) in [5.41, 5.74) is 1.05. The molecule has 1 aliphatic rings. The van der Waals surface area contributed by atoms with Gasteiger partial charge in [0.2, 0.25) is 11.8 Å². The van der Waals surface area contributed by atoms with E-state index in [1.165, 1.54) is 9.65 Å². The highest BCUT2D eigenvalue weighted by atomic mass is 127. The van der Waals surface area contributed by atoms with Gasteiger partial charge in [-0.3, -0.25) is 9.59 Å². The maximum absolute atomic E-state index is 12.1. The van der Waals surface area contributed by atoms with E-state index in [9.17, 15) is 9.59 Å². The number of nitrogens with one attached hydrogen (secondary N) is 1. The van der Waals surface area contributed by atoms with Crippen molar-refractivity contribution in [2.45, 2.75) is 12.6 Å². The van der Waals surface area contributed by atoms with Crippen LogP contribution in [0.2, 0.25) is 0 Å².